The van der Waals surface area contributed by atoms with Crippen LogP contribution in [0.15, 0.2) is 23.1 Å². The Morgan fingerprint density at radius 2 is 2.00 bits per heavy atom. The molecule has 0 radical (unpaired) electrons. The molecule has 0 aliphatic carbocycles. The largest absolute Gasteiger partial charge is 0.449 e. The molecule has 0 unspecified atom stereocenters. The molecule has 134 valence electrons. The molecule has 0 heterocycles. The molecule has 0 spiro atoms. The van der Waals surface area contributed by atoms with Crippen molar-refractivity contribution < 1.29 is 27.5 Å². The minimum Gasteiger partial charge on any atom is -0.449 e. The van der Waals surface area contributed by atoms with Crippen molar-refractivity contribution >= 4 is 33.5 Å². The molecule has 0 fully saturated rings. The van der Waals surface area contributed by atoms with Crippen LogP contribution in [0.25, 0.3) is 0 Å². The average molecular weight is 379 g/mol. The van der Waals surface area contributed by atoms with Crippen molar-refractivity contribution in [2.24, 2.45) is 0 Å². The molecule has 0 aromatic heterocycles. The summed E-state index contributed by atoms with van der Waals surface area (Å²) in [5.74, 6) is -1.40. The highest BCUT2D eigenvalue weighted by atomic mass is 35.5. The molecule has 0 saturated carbocycles. The van der Waals surface area contributed by atoms with Crippen LogP contribution in [0.2, 0.25) is 5.02 Å². The number of hydrogen-bond acceptors (Lipinski definition) is 6. The van der Waals surface area contributed by atoms with Crippen molar-refractivity contribution in [1.29, 1.82) is 0 Å². The third-order valence-electron chi connectivity index (χ3n) is 3.00. The van der Waals surface area contributed by atoms with Crippen LogP contribution in [0.5, 0.6) is 0 Å². The highest BCUT2D eigenvalue weighted by Crippen LogP contribution is 2.21. The van der Waals surface area contributed by atoms with Gasteiger partial charge < -0.3 is 14.8 Å². The third kappa shape index (κ3) is 5.45. The summed E-state index contributed by atoms with van der Waals surface area (Å²) in [6.07, 6.45) is -1.07. The van der Waals surface area contributed by atoms with E-state index in [1.807, 2.05) is 0 Å². The fraction of sp³-hybridized carbons (Fsp3) is 0.429. The molecule has 24 heavy (non-hydrogen) atoms. The summed E-state index contributed by atoms with van der Waals surface area (Å²) >= 11 is 5.92. The molecule has 1 aromatic carbocycles. The predicted molar refractivity (Wildman–Crippen MR) is 87.5 cm³/mol. The van der Waals surface area contributed by atoms with E-state index in [0.29, 0.717) is 6.61 Å². The van der Waals surface area contributed by atoms with Crippen LogP contribution in [0.1, 0.15) is 17.3 Å². The molecule has 10 heteroatoms. The number of hydrogen-bond donors (Lipinski definition) is 2. The molecule has 1 amide bonds. The molecular formula is C14H19ClN2O6S. The van der Waals surface area contributed by atoms with Gasteiger partial charge in [0, 0.05) is 13.7 Å². The minimum absolute atomic E-state index is 0.0158. The highest BCUT2D eigenvalue weighted by molar-refractivity contribution is 7.89. The Morgan fingerprint density at radius 1 is 1.33 bits per heavy atom. The van der Waals surface area contributed by atoms with Gasteiger partial charge in [0.25, 0.3) is 5.91 Å². The van der Waals surface area contributed by atoms with Crippen molar-refractivity contribution in [2.75, 3.05) is 27.3 Å². The SMILES string of the molecule is CNS(=O)(=O)c1ccc(Cl)c(C(=O)O[C@@H](C)C(=O)NCCOC)c1. The van der Waals surface area contributed by atoms with Crippen molar-refractivity contribution in [3.05, 3.63) is 28.8 Å². The highest BCUT2D eigenvalue weighted by Gasteiger charge is 2.22. The van der Waals surface area contributed by atoms with Gasteiger partial charge in [0.2, 0.25) is 10.0 Å². The van der Waals surface area contributed by atoms with E-state index in [4.69, 9.17) is 21.1 Å². The van der Waals surface area contributed by atoms with E-state index in [-0.39, 0.29) is 22.0 Å². The Bertz CT molecular complexity index is 707. The van der Waals surface area contributed by atoms with E-state index in [9.17, 15) is 18.0 Å². The molecular weight excluding hydrogens is 360 g/mol. The maximum atomic E-state index is 12.2. The quantitative estimate of drug-likeness (QED) is 0.505. The molecule has 0 aliphatic heterocycles. The molecule has 8 nitrogen and oxygen atoms in total. The van der Waals surface area contributed by atoms with Crippen LogP contribution in [-0.4, -0.2) is 53.7 Å². The predicted octanol–water partition coefficient (Wildman–Crippen LogP) is 0.556. The van der Waals surface area contributed by atoms with Crippen LogP contribution in [-0.2, 0) is 24.3 Å². The lowest BCUT2D eigenvalue weighted by atomic mass is 10.2. The summed E-state index contributed by atoms with van der Waals surface area (Å²) in [7, 11) is -1.01. The maximum absolute atomic E-state index is 12.2. The summed E-state index contributed by atoms with van der Waals surface area (Å²) < 4.78 is 35.5. The number of nitrogens with one attached hydrogen (secondary N) is 2. The van der Waals surface area contributed by atoms with E-state index < -0.39 is 28.0 Å². The molecule has 1 rings (SSSR count). The van der Waals surface area contributed by atoms with Gasteiger partial charge in [0.15, 0.2) is 6.10 Å². The Labute approximate surface area is 145 Å². The molecule has 1 aromatic rings. The first kappa shape index (κ1) is 20.4. The van der Waals surface area contributed by atoms with Crippen LogP contribution in [0, 0.1) is 0 Å². The lowest BCUT2D eigenvalue weighted by Crippen LogP contribution is -2.37. The fourth-order valence-electron chi connectivity index (χ4n) is 1.64. The average Bonchev–Trinajstić information content (AvgIpc) is 2.54. The van der Waals surface area contributed by atoms with Gasteiger partial charge in [-0.15, -0.1) is 0 Å². The maximum Gasteiger partial charge on any atom is 0.340 e. The molecule has 2 N–H and O–H groups in total. The first-order valence-corrected chi connectivity index (χ1v) is 8.79. The third-order valence-corrected chi connectivity index (χ3v) is 4.74. The van der Waals surface area contributed by atoms with E-state index in [1.54, 1.807) is 0 Å². The van der Waals surface area contributed by atoms with Gasteiger partial charge in [0.05, 0.1) is 22.1 Å². The number of rotatable bonds is 8. The number of halogens is 1. The fourth-order valence-corrected chi connectivity index (χ4v) is 2.59. The second-order valence-electron chi connectivity index (χ2n) is 4.68. The lowest BCUT2D eigenvalue weighted by molar-refractivity contribution is -0.129. The van der Waals surface area contributed by atoms with E-state index >= 15 is 0 Å². The number of sulfonamides is 1. The van der Waals surface area contributed by atoms with Gasteiger partial charge in [-0.3, -0.25) is 4.79 Å². The van der Waals surface area contributed by atoms with Crippen molar-refractivity contribution in [2.45, 2.75) is 17.9 Å². The van der Waals surface area contributed by atoms with Crippen molar-refractivity contribution in [1.82, 2.24) is 10.0 Å². The summed E-state index contributed by atoms with van der Waals surface area (Å²) in [4.78, 5) is 23.8. The van der Waals surface area contributed by atoms with Gasteiger partial charge in [0.1, 0.15) is 0 Å². The monoisotopic (exact) mass is 378 g/mol. The zero-order valence-corrected chi connectivity index (χ0v) is 15.0. The van der Waals surface area contributed by atoms with Crippen LogP contribution in [0.4, 0.5) is 0 Å². The van der Waals surface area contributed by atoms with Crippen LogP contribution < -0.4 is 10.0 Å². The second kappa shape index (κ2) is 8.97. The molecule has 0 aliphatic rings. The van der Waals surface area contributed by atoms with E-state index in [1.165, 1.54) is 33.2 Å². The Hall–Kier alpha value is -1.68. The van der Waals surface area contributed by atoms with Crippen molar-refractivity contribution in [3.63, 3.8) is 0 Å². The zero-order chi connectivity index (χ0) is 18.3. The van der Waals surface area contributed by atoms with E-state index in [2.05, 4.69) is 10.0 Å². The van der Waals surface area contributed by atoms with Gasteiger partial charge >= 0.3 is 5.97 Å². The summed E-state index contributed by atoms with van der Waals surface area (Å²) in [6, 6.07) is 3.61. The Morgan fingerprint density at radius 3 is 2.58 bits per heavy atom. The molecule has 1 atom stereocenters. The standard InChI is InChI=1S/C14H19ClN2O6S/c1-9(13(18)17-6-7-22-3)23-14(19)11-8-10(4-5-12(11)15)24(20,21)16-2/h4-5,8-9,16H,6-7H2,1-3H3,(H,17,18)/t9-/m0/s1. The van der Waals surface area contributed by atoms with Gasteiger partial charge in [-0.25, -0.2) is 17.9 Å². The molecule has 0 bridgehead atoms. The van der Waals surface area contributed by atoms with Gasteiger partial charge in [-0.1, -0.05) is 11.6 Å². The van der Waals surface area contributed by atoms with E-state index in [0.717, 1.165) is 6.07 Å². The number of amides is 1. The lowest BCUT2D eigenvalue weighted by Gasteiger charge is -2.14. The van der Waals surface area contributed by atoms with Gasteiger partial charge in [-0.2, -0.15) is 0 Å². The van der Waals surface area contributed by atoms with Gasteiger partial charge in [-0.05, 0) is 32.2 Å². The number of benzene rings is 1. The number of carbonyl (C=O) groups excluding carboxylic acids is 2. The Kier molecular flexibility index (Phi) is 7.61. The number of ether oxygens (including phenoxy) is 2. The second-order valence-corrected chi connectivity index (χ2v) is 6.97. The normalized spacial score (nSPS) is 12.5. The number of methoxy groups -OCH3 is 1. The zero-order valence-electron chi connectivity index (χ0n) is 13.5. The topological polar surface area (TPSA) is 111 Å². The smallest absolute Gasteiger partial charge is 0.340 e. The first-order chi connectivity index (χ1) is 11.2. The summed E-state index contributed by atoms with van der Waals surface area (Å²) in [5.41, 5.74) is -0.149. The summed E-state index contributed by atoms with van der Waals surface area (Å²) in [6.45, 7) is 1.98. The Balaban J connectivity index is 2.88. The number of esters is 1. The minimum atomic E-state index is -3.74. The van der Waals surface area contributed by atoms with Crippen LogP contribution >= 0.6 is 11.6 Å². The molecule has 0 saturated heterocycles. The van der Waals surface area contributed by atoms with Crippen molar-refractivity contribution in [3.8, 4) is 0 Å². The number of carbonyl (C=O) groups is 2. The van der Waals surface area contributed by atoms with Crippen LogP contribution in [0.3, 0.4) is 0 Å². The summed E-state index contributed by atoms with van der Waals surface area (Å²) in [5, 5.41) is 2.54. The first-order valence-electron chi connectivity index (χ1n) is 6.93.